The fourth-order valence-electron chi connectivity index (χ4n) is 7.18. The van der Waals surface area contributed by atoms with Gasteiger partial charge in [-0.1, -0.05) is 16.8 Å². The van der Waals surface area contributed by atoms with Crippen molar-refractivity contribution in [1.29, 1.82) is 0 Å². The highest BCUT2D eigenvalue weighted by atomic mass is 19.4. The number of carbonyl (C=O) groups excluding carboxylic acids is 1. The molecule has 0 bridgehead atoms. The quantitative estimate of drug-likeness (QED) is 0.410. The van der Waals surface area contributed by atoms with Gasteiger partial charge in [0.1, 0.15) is 0 Å². The molecule has 1 aromatic heterocycles. The molecule has 0 atom stereocenters. The summed E-state index contributed by atoms with van der Waals surface area (Å²) in [4.78, 5) is 15.4. The van der Waals surface area contributed by atoms with Crippen LogP contribution in [0.5, 0.6) is 0 Å². The number of nitrogens with one attached hydrogen (secondary N) is 1. The van der Waals surface area contributed by atoms with Crippen LogP contribution >= 0.6 is 0 Å². The van der Waals surface area contributed by atoms with Crippen LogP contribution in [0, 0.1) is 0 Å². The van der Waals surface area contributed by atoms with Crippen LogP contribution in [-0.4, -0.2) is 33.3 Å². The summed E-state index contributed by atoms with van der Waals surface area (Å²) in [6.45, 7) is 3.02. The molecule has 2 aliphatic heterocycles. The molecule has 2 aliphatic carbocycles. The molecule has 41 heavy (non-hydrogen) atoms. The summed E-state index contributed by atoms with van der Waals surface area (Å²) in [5.41, 5.74) is 2.10. The number of fused-ring (bicyclic) bond motifs is 1. The van der Waals surface area contributed by atoms with Gasteiger partial charge in [-0.3, -0.25) is 9.69 Å². The minimum absolute atomic E-state index is 0.0328. The van der Waals surface area contributed by atoms with Gasteiger partial charge in [-0.15, -0.1) is 0 Å². The van der Waals surface area contributed by atoms with Crippen molar-refractivity contribution in [1.82, 2.24) is 15.0 Å². The summed E-state index contributed by atoms with van der Waals surface area (Å²) in [6, 6.07) is 8.62. The van der Waals surface area contributed by atoms with Crippen molar-refractivity contribution >= 4 is 11.6 Å². The number of hydrogen-bond acceptors (Lipinski definition) is 4. The number of aryl methyl sites for hydroxylation is 1. The maximum absolute atomic E-state index is 14.4. The fourth-order valence-corrected chi connectivity index (χ4v) is 7.18. The molecule has 3 fully saturated rings. The highest BCUT2D eigenvalue weighted by molar-refractivity contribution is 6.11. The number of anilines is 1. The zero-order chi connectivity index (χ0) is 28.6. The molecular weight excluding hydrogens is 531 g/mol. The van der Waals surface area contributed by atoms with Crippen molar-refractivity contribution in [2.24, 2.45) is 7.05 Å². The first-order valence-electron chi connectivity index (χ1n) is 14.5. The molecule has 1 spiro atoms. The van der Waals surface area contributed by atoms with Gasteiger partial charge < -0.3 is 10.1 Å². The topological polar surface area (TPSA) is 63.3 Å². The van der Waals surface area contributed by atoms with Gasteiger partial charge in [-0.25, -0.2) is 4.57 Å². The van der Waals surface area contributed by atoms with Crippen LogP contribution in [0.4, 0.5) is 18.9 Å². The molecule has 3 heterocycles. The molecule has 4 aliphatic rings. The average molecular weight is 567 g/mol. The molecule has 216 valence electrons. The van der Waals surface area contributed by atoms with Crippen molar-refractivity contribution < 1.29 is 27.4 Å². The van der Waals surface area contributed by atoms with E-state index in [1.54, 1.807) is 17.1 Å². The molecular formula is C31H35F3N5O2+. The predicted octanol–water partition coefficient (Wildman–Crippen LogP) is 5.33. The normalized spacial score (nSPS) is 25.0. The van der Waals surface area contributed by atoms with Gasteiger partial charge in [0.2, 0.25) is 6.33 Å². The van der Waals surface area contributed by atoms with Gasteiger partial charge in [0.05, 0.1) is 30.4 Å². The minimum atomic E-state index is -4.57. The Labute approximate surface area is 237 Å². The summed E-state index contributed by atoms with van der Waals surface area (Å²) >= 11 is 0. The lowest BCUT2D eigenvalue weighted by Gasteiger charge is -2.44. The van der Waals surface area contributed by atoms with Gasteiger partial charge >= 0.3 is 6.18 Å². The van der Waals surface area contributed by atoms with Crippen molar-refractivity contribution in [3.63, 3.8) is 0 Å². The molecule has 2 saturated carbocycles. The van der Waals surface area contributed by atoms with Crippen LogP contribution < -0.4 is 14.9 Å². The Morgan fingerprint density at radius 1 is 1.17 bits per heavy atom. The second kappa shape index (κ2) is 9.39. The maximum atomic E-state index is 14.4. The van der Waals surface area contributed by atoms with Crippen LogP contribution in [0.15, 0.2) is 43.0 Å². The third kappa shape index (κ3) is 4.55. The number of rotatable bonds is 6. The molecule has 0 radical (unpaired) electrons. The first-order valence-corrected chi connectivity index (χ1v) is 14.5. The first kappa shape index (κ1) is 26.6. The number of aromatic nitrogens is 3. The summed E-state index contributed by atoms with van der Waals surface area (Å²) < 4.78 is 52.7. The molecule has 2 aromatic carbocycles. The zero-order valence-corrected chi connectivity index (χ0v) is 23.4. The monoisotopic (exact) mass is 566 g/mol. The van der Waals surface area contributed by atoms with Gasteiger partial charge in [0, 0.05) is 29.8 Å². The van der Waals surface area contributed by atoms with Gasteiger partial charge in [-0.05, 0) is 92.2 Å². The van der Waals surface area contributed by atoms with Crippen molar-refractivity contribution in [3.05, 3.63) is 70.8 Å². The third-order valence-electron chi connectivity index (χ3n) is 9.66. The van der Waals surface area contributed by atoms with Crippen LogP contribution in [0.2, 0.25) is 0 Å². The molecule has 0 unspecified atom stereocenters. The number of benzene rings is 2. The maximum Gasteiger partial charge on any atom is 0.416 e. The Morgan fingerprint density at radius 2 is 1.98 bits per heavy atom. The van der Waals surface area contributed by atoms with E-state index in [2.05, 4.69) is 17.3 Å². The average Bonchev–Trinajstić information content (AvgIpc) is 3.63. The SMILES string of the molecule is Cn1cn[n+](-c2c(N3Cc4c(cc(CNC5(C)CCC5)cc4C(F)(F)F)C3=O)cccc2[C@H]2C[C@@]3(CCCO3)C2)c1. The lowest BCUT2D eigenvalue weighted by Crippen LogP contribution is -2.47. The number of alkyl halides is 3. The highest BCUT2D eigenvalue weighted by Gasteiger charge is 2.49. The van der Waals surface area contributed by atoms with E-state index >= 15 is 0 Å². The second-order valence-corrected chi connectivity index (χ2v) is 12.6. The van der Waals surface area contributed by atoms with Crippen molar-refractivity contribution in [2.75, 3.05) is 11.5 Å². The number of amides is 1. The Balaban J connectivity index is 1.27. The molecule has 1 N–H and O–H groups in total. The molecule has 1 amide bonds. The van der Waals surface area contributed by atoms with Gasteiger partial charge in [-0.2, -0.15) is 13.2 Å². The Bertz CT molecular complexity index is 1510. The van der Waals surface area contributed by atoms with Crippen LogP contribution in [-0.2, 0) is 31.1 Å². The van der Waals surface area contributed by atoms with Crippen LogP contribution in [0.25, 0.3) is 5.69 Å². The van der Waals surface area contributed by atoms with E-state index in [1.165, 1.54) is 11.0 Å². The van der Waals surface area contributed by atoms with Gasteiger partial charge in [0.25, 0.3) is 12.2 Å². The molecule has 7 nitrogen and oxygen atoms in total. The smallest absolute Gasteiger partial charge is 0.375 e. The van der Waals surface area contributed by atoms with E-state index in [0.717, 1.165) is 62.8 Å². The summed E-state index contributed by atoms with van der Waals surface area (Å²) in [7, 11) is 1.86. The number of carbonyl (C=O) groups is 1. The number of halogens is 3. The van der Waals surface area contributed by atoms with Crippen LogP contribution in [0.3, 0.4) is 0 Å². The summed E-state index contributed by atoms with van der Waals surface area (Å²) in [6.07, 6.45) is 5.91. The fraction of sp³-hybridized carbons (Fsp3) is 0.516. The van der Waals surface area contributed by atoms with Crippen LogP contribution in [0.1, 0.15) is 90.4 Å². The second-order valence-electron chi connectivity index (χ2n) is 12.6. The number of nitrogens with zero attached hydrogens (tertiary/aromatic N) is 4. The van der Waals surface area contributed by atoms with Gasteiger partial charge in [0.15, 0.2) is 5.69 Å². The number of hydrogen-bond donors (Lipinski definition) is 1. The molecule has 3 aromatic rings. The predicted molar refractivity (Wildman–Crippen MR) is 146 cm³/mol. The zero-order valence-electron chi connectivity index (χ0n) is 23.4. The van der Waals surface area contributed by atoms with E-state index < -0.39 is 17.6 Å². The Morgan fingerprint density at radius 3 is 2.61 bits per heavy atom. The molecule has 7 rings (SSSR count). The lowest BCUT2D eigenvalue weighted by molar-refractivity contribution is -0.657. The Kier molecular flexibility index (Phi) is 6.10. The molecule has 1 saturated heterocycles. The van der Waals surface area contributed by atoms with Crippen molar-refractivity contribution in [2.45, 2.75) is 88.2 Å². The third-order valence-corrected chi connectivity index (χ3v) is 9.66. The molecule has 10 heteroatoms. The highest BCUT2D eigenvalue weighted by Crippen LogP contribution is 2.53. The Hall–Kier alpha value is -3.24. The standard InChI is InChI=1S/C31H35F3N5O2/c1-29(8-4-9-29)35-16-20-12-23-24(25(13-20)31(32,33)34)17-38(28(23)40)26-7-3-6-22(27(26)39-19-37(2)18-36-39)21-14-30(15-21)10-5-11-41-30/h3,6-7,12-13,18-19,21,35H,4-5,8-11,14-17H2,1-2H3/q+1/t21-,30-. The van der Waals surface area contributed by atoms with E-state index in [0.29, 0.717) is 11.3 Å². The largest absolute Gasteiger partial charge is 0.416 e. The summed E-state index contributed by atoms with van der Waals surface area (Å²) in [5.74, 6) is -0.199. The van der Waals surface area contributed by atoms with E-state index in [1.807, 2.05) is 36.1 Å². The van der Waals surface area contributed by atoms with Crippen molar-refractivity contribution in [3.8, 4) is 5.69 Å². The summed E-state index contributed by atoms with van der Waals surface area (Å²) in [5, 5.41) is 7.95. The van der Waals surface area contributed by atoms with E-state index in [9.17, 15) is 18.0 Å². The first-order chi connectivity index (χ1) is 19.5. The number of para-hydroxylation sites is 1. The number of ether oxygens (including phenoxy) is 1. The lowest BCUT2D eigenvalue weighted by atomic mass is 9.66. The minimum Gasteiger partial charge on any atom is -0.375 e. The van der Waals surface area contributed by atoms with E-state index in [-0.39, 0.29) is 41.3 Å². The van der Waals surface area contributed by atoms with E-state index in [4.69, 9.17) is 4.74 Å².